The third-order valence-corrected chi connectivity index (χ3v) is 3.20. The number of guanidine groups is 1. The minimum atomic E-state index is -0.374. The van der Waals surface area contributed by atoms with Crippen molar-refractivity contribution in [2.45, 2.75) is 0 Å². The van der Waals surface area contributed by atoms with E-state index in [1.807, 2.05) is 24.1 Å². The average Bonchev–Trinajstić information content (AvgIpc) is 2.55. The Balaban J connectivity index is 2.18. The molecule has 1 N–H and O–H groups in total. The van der Waals surface area contributed by atoms with E-state index in [1.165, 1.54) is 13.3 Å². The van der Waals surface area contributed by atoms with Crippen LogP contribution in [-0.4, -0.2) is 51.8 Å². The van der Waals surface area contributed by atoms with E-state index in [-0.39, 0.29) is 5.97 Å². The second-order valence-corrected chi connectivity index (χ2v) is 4.65. The van der Waals surface area contributed by atoms with Crippen LogP contribution >= 0.6 is 0 Å². The summed E-state index contributed by atoms with van der Waals surface area (Å²) in [6, 6.07) is 5.48. The number of anilines is 1. The van der Waals surface area contributed by atoms with Crippen LogP contribution in [-0.2, 0) is 9.53 Å². The lowest BCUT2D eigenvalue weighted by Gasteiger charge is -2.25. The van der Waals surface area contributed by atoms with Crippen molar-refractivity contribution in [3.63, 3.8) is 0 Å². The second-order valence-electron chi connectivity index (χ2n) is 4.65. The molecule has 0 unspecified atom stereocenters. The summed E-state index contributed by atoms with van der Waals surface area (Å²) in [6.45, 7) is 0.422. The third-order valence-electron chi connectivity index (χ3n) is 3.20. The third kappa shape index (κ3) is 3.30. The van der Waals surface area contributed by atoms with Gasteiger partial charge in [0.2, 0.25) is 5.96 Å². The van der Waals surface area contributed by atoms with Crippen LogP contribution in [0.5, 0.6) is 11.5 Å². The number of aliphatic imine (C=N–C) groups is 1. The average molecular weight is 305 g/mol. The normalized spacial score (nSPS) is 13.9. The second kappa shape index (κ2) is 6.84. The molecule has 2 rings (SSSR count). The van der Waals surface area contributed by atoms with E-state index in [0.29, 0.717) is 29.6 Å². The lowest BCUT2D eigenvalue weighted by Crippen LogP contribution is -2.37. The van der Waals surface area contributed by atoms with E-state index in [0.717, 1.165) is 5.69 Å². The molecule has 1 aromatic carbocycles. The minimum absolute atomic E-state index is 0.374. The molecule has 1 aromatic rings. The maximum Gasteiger partial charge on any atom is 0.337 e. The zero-order chi connectivity index (χ0) is 16.1. The number of nitrogens with one attached hydrogen (secondary N) is 1. The van der Waals surface area contributed by atoms with E-state index in [9.17, 15) is 4.79 Å². The molecule has 0 aliphatic carbocycles. The van der Waals surface area contributed by atoms with Crippen molar-refractivity contribution in [2.75, 3.05) is 40.2 Å². The molecule has 118 valence electrons. The predicted molar refractivity (Wildman–Crippen MR) is 83.3 cm³/mol. The van der Waals surface area contributed by atoms with Gasteiger partial charge >= 0.3 is 5.97 Å². The number of methoxy groups -OCH3 is 3. The fourth-order valence-corrected chi connectivity index (χ4v) is 2.03. The van der Waals surface area contributed by atoms with Gasteiger partial charge in [-0.2, -0.15) is 0 Å². The molecular formula is C15H19N3O4. The summed E-state index contributed by atoms with van der Waals surface area (Å²) in [6.07, 6.45) is 1.51. The first-order valence-corrected chi connectivity index (χ1v) is 6.64. The Hall–Kier alpha value is -2.70. The summed E-state index contributed by atoms with van der Waals surface area (Å²) in [5.41, 5.74) is 1.31. The van der Waals surface area contributed by atoms with Crippen LogP contribution in [0.2, 0.25) is 0 Å². The Bertz CT molecular complexity index is 625. The summed E-state index contributed by atoms with van der Waals surface area (Å²) >= 11 is 0. The SMILES string of the molecule is COC(=O)C1=CN=C(Nc2ccc(OC)c(OC)c2)N(C)C1. The first kappa shape index (κ1) is 15.7. The molecular weight excluding hydrogens is 286 g/mol. The van der Waals surface area contributed by atoms with Gasteiger partial charge < -0.3 is 24.4 Å². The number of ether oxygens (including phenoxy) is 3. The number of rotatable bonds is 4. The maximum atomic E-state index is 11.5. The number of hydrogen-bond acceptors (Lipinski definition) is 7. The molecule has 0 spiro atoms. The molecule has 22 heavy (non-hydrogen) atoms. The summed E-state index contributed by atoms with van der Waals surface area (Å²) in [5.74, 6) is 1.53. The molecule has 0 atom stereocenters. The fraction of sp³-hybridized carbons (Fsp3) is 0.333. The Kier molecular flexibility index (Phi) is 4.88. The van der Waals surface area contributed by atoms with Crippen LogP contribution in [0, 0.1) is 0 Å². The molecule has 0 amide bonds. The van der Waals surface area contributed by atoms with Gasteiger partial charge in [0.15, 0.2) is 11.5 Å². The van der Waals surface area contributed by atoms with Gasteiger partial charge in [0.1, 0.15) is 0 Å². The highest BCUT2D eigenvalue weighted by Gasteiger charge is 2.19. The minimum Gasteiger partial charge on any atom is -0.493 e. The number of carbonyl (C=O) groups is 1. The van der Waals surface area contributed by atoms with Gasteiger partial charge in [-0.15, -0.1) is 0 Å². The fourth-order valence-electron chi connectivity index (χ4n) is 2.03. The number of nitrogens with zero attached hydrogens (tertiary/aromatic N) is 2. The summed E-state index contributed by atoms with van der Waals surface area (Å²) in [5, 5.41) is 3.18. The lowest BCUT2D eigenvalue weighted by molar-refractivity contribution is -0.136. The van der Waals surface area contributed by atoms with Crippen molar-refractivity contribution in [3.8, 4) is 11.5 Å². The zero-order valence-electron chi connectivity index (χ0n) is 13.0. The number of benzene rings is 1. The molecule has 7 nitrogen and oxygen atoms in total. The van der Waals surface area contributed by atoms with Gasteiger partial charge in [0, 0.05) is 25.0 Å². The molecule has 1 heterocycles. The highest BCUT2D eigenvalue weighted by atomic mass is 16.5. The Morgan fingerprint density at radius 2 is 1.95 bits per heavy atom. The van der Waals surface area contributed by atoms with Gasteiger partial charge in [0.05, 0.1) is 33.4 Å². The van der Waals surface area contributed by atoms with Crippen LogP contribution in [0.25, 0.3) is 0 Å². The highest BCUT2D eigenvalue weighted by molar-refractivity contribution is 5.98. The standard InChI is InChI=1S/C15H19N3O4/c1-18-9-10(14(19)22-4)8-16-15(18)17-11-5-6-12(20-2)13(7-11)21-3/h5-8H,9H2,1-4H3,(H,16,17). The Labute approximate surface area is 129 Å². The van der Waals surface area contributed by atoms with E-state index >= 15 is 0 Å². The highest BCUT2D eigenvalue weighted by Crippen LogP contribution is 2.29. The van der Waals surface area contributed by atoms with Crippen molar-refractivity contribution < 1.29 is 19.0 Å². The maximum absolute atomic E-state index is 11.5. The quantitative estimate of drug-likeness (QED) is 0.849. The smallest absolute Gasteiger partial charge is 0.337 e. The lowest BCUT2D eigenvalue weighted by atomic mass is 10.2. The monoisotopic (exact) mass is 305 g/mol. The van der Waals surface area contributed by atoms with Crippen LogP contribution < -0.4 is 14.8 Å². The van der Waals surface area contributed by atoms with E-state index in [4.69, 9.17) is 14.2 Å². The number of esters is 1. The molecule has 7 heteroatoms. The largest absolute Gasteiger partial charge is 0.493 e. The molecule has 0 bridgehead atoms. The molecule has 0 fully saturated rings. The molecule has 1 aliphatic heterocycles. The van der Waals surface area contributed by atoms with E-state index < -0.39 is 0 Å². The van der Waals surface area contributed by atoms with E-state index in [1.54, 1.807) is 20.3 Å². The van der Waals surface area contributed by atoms with Gasteiger partial charge in [0.25, 0.3) is 0 Å². The van der Waals surface area contributed by atoms with Crippen molar-refractivity contribution in [1.82, 2.24) is 4.90 Å². The van der Waals surface area contributed by atoms with Crippen molar-refractivity contribution in [2.24, 2.45) is 4.99 Å². The topological polar surface area (TPSA) is 72.4 Å². The van der Waals surface area contributed by atoms with Crippen LogP contribution in [0.3, 0.4) is 0 Å². The summed E-state index contributed by atoms with van der Waals surface area (Å²) < 4.78 is 15.2. The van der Waals surface area contributed by atoms with Crippen molar-refractivity contribution in [1.29, 1.82) is 0 Å². The van der Waals surface area contributed by atoms with Gasteiger partial charge in [-0.3, -0.25) is 0 Å². The van der Waals surface area contributed by atoms with Crippen LogP contribution in [0.4, 0.5) is 5.69 Å². The van der Waals surface area contributed by atoms with Gasteiger partial charge in [-0.1, -0.05) is 0 Å². The Morgan fingerprint density at radius 3 is 2.55 bits per heavy atom. The molecule has 0 radical (unpaired) electrons. The zero-order valence-corrected chi connectivity index (χ0v) is 13.0. The number of carbonyl (C=O) groups excluding carboxylic acids is 1. The molecule has 0 saturated carbocycles. The molecule has 1 aliphatic rings. The number of likely N-dealkylation sites (N-methyl/N-ethyl adjacent to an activating group) is 1. The van der Waals surface area contributed by atoms with E-state index in [2.05, 4.69) is 10.3 Å². The summed E-state index contributed by atoms with van der Waals surface area (Å²) in [7, 11) is 6.35. The predicted octanol–water partition coefficient (Wildman–Crippen LogP) is 1.47. The Morgan fingerprint density at radius 1 is 1.23 bits per heavy atom. The van der Waals surface area contributed by atoms with Crippen molar-refractivity contribution >= 4 is 17.6 Å². The van der Waals surface area contributed by atoms with Crippen molar-refractivity contribution in [3.05, 3.63) is 30.0 Å². The molecule has 0 saturated heterocycles. The van der Waals surface area contributed by atoms with Gasteiger partial charge in [-0.05, 0) is 12.1 Å². The first-order chi connectivity index (χ1) is 10.6. The summed E-state index contributed by atoms with van der Waals surface area (Å²) in [4.78, 5) is 17.6. The van der Waals surface area contributed by atoms with Crippen LogP contribution in [0.1, 0.15) is 0 Å². The first-order valence-electron chi connectivity index (χ1n) is 6.64. The van der Waals surface area contributed by atoms with Gasteiger partial charge in [-0.25, -0.2) is 9.79 Å². The molecule has 0 aromatic heterocycles. The van der Waals surface area contributed by atoms with Crippen LogP contribution in [0.15, 0.2) is 35.0 Å². The number of hydrogen-bond donors (Lipinski definition) is 1.